The standard InChI is InChI=1S/C22H15BrCl2N2O4/c23-18-7-2-1-6-17(18)22(29)31-16-5-3-4-14(10-16)12-26-27-21(28)13-30-20-9-8-15(24)11-19(20)25/h1-12H,13H2,(H,27,28)/b26-12+. The van der Waals surface area contributed by atoms with Crippen LogP contribution in [0.25, 0.3) is 0 Å². The number of hydrogen-bond donors (Lipinski definition) is 1. The molecule has 0 fully saturated rings. The number of nitrogens with one attached hydrogen (secondary N) is 1. The van der Waals surface area contributed by atoms with Crippen LogP contribution in [0.2, 0.25) is 10.0 Å². The first kappa shape index (κ1) is 22.8. The van der Waals surface area contributed by atoms with E-state index in [0.717, 1.165) is 0 Å². The number of benzene rings is 3. The lowest BCUT2D eigenvalue weighted by Gasteiger charge is -2.07. The van der Waals surface area contributed by atoms with Crippen LogP contribution in [0.15, 0.2) is 76.3 Å². The lowest BCUT2D eigenvalue weighted by Crippen LogP contribution is -2.24. The molecular weight excluding hydrogens is 507 g/mol. The number of halogens is 3. The quantitative estimate of drug-likeness (QED) is 0.192. The highest BCUT2D eigenvalue weighted by molar-refractivity contribution is 9.10. The van der Waals surface area contributed by atoms with Gasteiger partial charge < -0.3 is 9.47 Å². The van der Waals surface area contributed by atoms with Crippen molar-refractivity contribution >= 4 is 57.2 Å². The minimum absolute atomic E-state index is 0.275. The number of rotatable bonds is 7. The van der Waals surface area contributed by atoms with Crippen LogP contribution in [0.3, 0.4) is 0 Å². The van der Waals surface area contributed by atoms with Gasteiger partial charge in [0, 0.05) is 9.50 Å². The Morgan fingerprint density at radius 1 is 1.03 bits per heavy atom. The maximum atomic E-state index is 12.3. The number of ether oxygens (including phenoxy) is 2. The third-order valence-corrected chi connectivity index (χ3v) is 5.04. The third kappa shape index (κ3) is 6.82. The first-order chi connectivity index (χ1) is 14.9. The molecule has 0 bridgehead atoms. The van der Waals surface area contributed by atoms with Gasteiger partial charge in [0.25, 0.3) is 5.91 Å². The van der Waals surface area contributed by atoms with Gasteiger partial charge in [-0.1, -0.05) is 47.5 Å². The van der Waals surface area contributed by atoms with Crippen LogP contribution in [0, 0.1) is 0 Å². The molecule has 3 aromatic rings. The van der Waals surface area contributed by atoms with E-state index < -0.39 is 11.9 Å². The topological polar surface area (TPSA) is 77.0 Å². The summed E-state index contributed by atoms with van der Waals surface area (Å²) in [6, 6.07) is 18.4. The lowest BCUT2D eigenvalue weighted by atomic mass is 10.2. The van der Waals surface area contributed by atoms with Crippen molar-refractivity contribution in [2.75, 3.05) is 6.61 Å². The maximum Gasteiger partial charge on any atom is 0.344 e. The normalized spacial score (nSPS) is 10.7. The van der Waals surface area contributed by atoms with E-state index in [0.29, 0.717) is 37.1 Å². The van der Waals surface area contributed by atoms with Crippen LogP contribution in [-0.4, -0.2) is 24.7 Å². The van der Waals surface area contributed by atoms with Gasteiger partial charge in [-0.2, -0.15) is 5.10 Å². The van der Waals surface area contributed by atoms with Gasteiger partial charge in [0.15, 0.2) is 6.61 Å². The minimum Gasteiger partial charge on any atom is -0.482 e. The monoisotopic (exact) mass is 520 g/mol. The number of amides is 1. The Hall–Kier alpha value is -2.87. The summed E-state index contributed by atoms with van der Waals surface area (Å²) < 4.78 is 11.4. The molecule has 158 valence electrons. The Balaban J connectivity index is 1.53. The number of carbonyl (C=O) groups is 2. The van der Waals surface area contributed by atoms with Crippen molar-refractivity contribution in [1.29, 1.82) is 0 Å². The Morgan fingerprint density at radius 2 is 1.84 bits per heavy atom. The zero-order valence-electron chi connectivity index (χ0n) is 15.8. The van der Waals surface area contributed by atoms with E-state index in [2.05, 4.69) is 26.5 Å². The molecule has 3 aromatic carbocycles. The van der Waals surface area contributed by atoms with E-state index in [1.54, 1.807) is 60.7 Å². The Morgan fingerprint density at radius 3 is 2.61 bits per heavy atom. The van der Waals surface area contributed by atoms with E-state index in [1.165, 1.54) is 12.3 Å². The van der Waals surface area contributed by atoms with Gasteiger partial charge in [0.2, 0.25) is 0 Å². The molecule has 0 spiro atoms. The Bertz CT molecular complexity index is 1140. The fraction of sp³-hybridized carbons (Fsp3) is 0.0455. The lowest BCUT2D eigenvalue weighted by molar-refractivity contribution is -0.123. The number of hydrazone groups is 1. The molecule has 1 amide bonds. The largest absolute Gasteiger partial charge is 0.482 e. The molecule has 0 aromatic heterocycles. The average molecular weight is 522 g/mol. The highest BCUT2D eigenvalue weighted by atomic mass is 79.9. The molecule has 0 aliphatic heterocycles. The van der Waals surface area contributed by atoms with Crippen molar-refractivity contribution in [2.24, 2.45) is 5.10 Å². The number of nitrogens with zero attached hydrogens (tertiary/aromatic N) is 1. The maximum absolute atomic E-state index is 12.3. The van der Waals surface area contributed by atoms with Gasteiger partial charge in [-0.3, -0.25) is 4.79 Å². The Kier molecular flexibility index (Phi) is 8.06. The molecule has 0 aliphatic carbocycles. The van der Waals surface area contributed by atoms with Crippen LogP contribution in [0.5, 0.6) is 11.5 Å². The van der Waals surface area contributed by atoms with Gasteiger partial charge in [-0.05, 0) is 64.0 Å². The average Bonchev–Trinajstić information content (AvgIpc) is 2.73. The van der Waals surface area contributed by atoms with Crippen LogP contribution in [0.4, 0.5) is 0 Å². The minimum atomic E-state index is -0.493. The summed E-state index contributed by atoms with van der Waals surface area (Å²) >= 11 is 15.1. The number of esters is 1. The predicted molar refractivity (Wildman–Crippen MR) is 123 cm³/mol. The molecule has 0 saturated carbocycles. The summed E-state index contributed by atoms with van der Waals surface area (Å²) in [6.45, 7) is -0.275. The van der Waals surface area contributed by atoms with Gasteiger partial charge in [-0.15, -0.1) is 0 Å². The van der Waals surface area contributed by atoms with Gasteiger partial charge in [0.05, 0.1) is 16.8 Å². The van der Waals surface area contributed by atoms with Crippen molar-refractivity contribution in [3.05, 3.63) is 92.4 Å². The summed E-state index contributed by atoms with van der Waals surface area (Å²) in [5.74, 6) is -0.284. The van der Waals surface area contributed by atoms with E-state index in [4.69, 9.17) is 32.7 Å². The molecule has 0 atom stereocenters. The van der Waals surface area contributed by atoms with E-state index in [-0.39, 0.29) is 6.61 Å². The van der Waals surface area contributed by atoms with Gasteiger partial charge in [0.1, 0.15) is 11.5 Å². The summed E-state index contributed by atoms with van der Waals surface area (Å²) in [5.41, 5.74) is 3.38. The van der Waals surface area contributed by atoms with Crippen molar-refractivity contribution in [3.63, 3.8) is 0 Å². The molecule has 31 heavy (non-hydrogen) atoms. The second-order valence-corrected chi connectivity index (χ2v) is 7.80. The molecule has 0 radical (unpaired) electrons. The SMILES string of the molecule is O=C(COc1ccc(Cl)cc1Cl)N/N=C/c1cccc(OC(=O)c2ccccc2Br)c1. The molecule has 0 saturated heterocycles. The van der Waals surface area contributed by atoms with E-state index >= 15 is 0 Å². The molecule has 0 heterocycles. The summed E-state index contributed by atoms with van der Waals surface area (Å²) in [5, 5.41) is 4.65. The van der Waals surface area contributed by atoms with Crippen molar-refractivity contribution in [3.8, 4) is 11.5 Å². The Labute approximate surface area is 196 Å². The number of hydrogen-bond acceptors (Lipinski definition) is 5. The smallest absolute Gasteiger partial charge is 0.344 e. The fourth-order valence-corrected chi connectivity index (χ4v) is 3.30. The van der Waals surface area contributed by atoms with Crippen LogP contribution < -0.4 is 14.9 Å². The summed E-state index contributed by atoms with van der Waals surface area (Å²) in [7, 11) is 0. The molecular formula is C22H15BrCl2N2O4. The van der Waals surface area contributed by atoms with Crippen LogP contribution >= 0.6 is 39.1 Å². The molecule has 3 rings (SSSR count). The zero-order valence-corrected chi connectivity index (χ0v) is 18.9. The number of carbonyl (C=O) groups excluding carboxylic acids is 2. The van der Waals surface area contributed by atoms with E-state index in [1.807, 2.05) is 0 Å². The highest BCUT2D eigenvalue weighted by Crippen LogP contribution is 2.27. The first-order valence-corrected chi connectivity index (χ1v) is 10.4. The predicted octanol–water partition coefficient (Wildman–Crippen LogP) is 5.50. The highest BCUT2D eigenvalue weighted by Gasteiger charge is 2.12. The second kappa shape index (κ2) is 10.9. The van der Waals surface area contributed by atoms with Gasteiger partial charge >= 0.3 is 5.97 Å². The van der Waals surface area contributed by atoms with Crippen LogP contribution in [0.1, 0.15) is 15.9 Å². The fourth-order valence-electron chi connectivity index (χ4n) is 2.39. The molecule has 9 heteroatoms. The second-order valence-electron chi connectivity index (χ2n) is 6.10. The molecule has 1 N–H and O–H groups in total. The van der Waals surface area contributed by atoms with E-state index in [9.17, 15) is 9.59 Å². The van der Waals surface area contributed by atoms with Crippen molar-refractivity contribution in [1.82, 2.24) is 5.43 Å². The van der Waals surface area contributed by atoms with Crippen molar-refractivity contribution < 1.29 is 19.1 Å². The summed E-state index contributed by atoms with van der Waals surface area (Å²) in [4.78, 5) is 24.2. The molecule has 0 aliphatic rings. The van der Waals surface area contributed by atoms with Crippen LogP contribution in [-0.2, 0) is 4.79 Å². The third-order valence-electron chi connectivity index (χ3n) is 3.82. The molecule has 6 nitrogen and oxygen atoms in total. The molecule has 0 unspecified atom stereocenters. The zero-order chi connectivity index (χ0) is 22.2. The first-order valence-electron chi connectivity index (χ1n) is 8.89. The summed E-state index contributed by atoms with van der Waals surface area (Å²) in [6.07, 6.45) is 1.42. The van der Waals surface area contributed by atoms with Crippen molar-refractivity contribution in [2.45, 2.75) is 0 Å². The van der Waals surface area contributed by atoms with Gasteiger partial charge in [-0.25, -0.2) is 10.2 Å².